The molecule has 0 heterocycles. The van der Waals surface area contributed by atoms with Crippen LogP contribution in [0.2, 0.25) is 0 Å². The van der Waals surface area contributed by atoms with Crippen LogP contribution in [0.3, 0.4) is 0 Å². The van der Waals surface area contributed by atoms with Crippen LogP contribution in [0.15, 0.2) is 18.2 Å². The van der Waals surface area contributed by atoms with Gasteiger partial charge in [0.15, 0.2) is 23.3 Å². The average Bonchev–Trinajstić information content (AvgIpc) is 2.50. The van der Waals surface area contributed by atoms with E-state index in [4.69, 9.17) is 0 Å². The Labute approximate surface area is 127 Å². The molecule has 11 heteroatoms. The lowest BCUT2D eigenvalue weighted by Gasteiger charge is -2.15. The van der Waals surface area contributed by atoms with Gasteiger partial charge in [0.2, 0.25) is 5.82 Å². The maximum atomic E-state index is 13.7. The summed E-state index contributed by atoms with van der Waals surface area (Å²) < 4.78 is 106. The molecule has 0 bridgehead atoms. The Bertz CT molecular complexity index is 818. The number of hydrogen-bond acceptors (Lipinski definition) is 2. The molecule has 0 aliphatic carbocycles. The minimum Gasteiger partial charge on any atom is -0.258 e. The number of nitro groups is 1. The molecule has 0 unspecified atom stereocenters. The molecule has 2 rings (SSSR count). The first-order valence-corrected chi connectivity index (χ1v) is 5.84. The topological polar surface area (TPSA) is 43.1 Å². The Hall–Kier alpha value is -2.72. The van der Waals surface area contributed by atoms with Crippen molar-refractivity contribution in [2.75, 3.05) is 0 Å². The van der Waals surface area contributed by atoms with E-state index in [-0.39, 0.29) is 0 Å². The lowest BCUT2D eigenvalue weighted by molar-refractivity contribution is -0.388. The Morgan fingerprint density at radius 1 is 0.833 bits per heavy atom. The largest absolute Gasteiger partial charge is 0.423 e. The summed E-state index contributed by atoms with van der Waals surface area (Å²) in [6, 6.07) is 1.38. The first kappa shape index (κ1) is 17.6. The van der Waals surface area contributed by atoms with E-state index in [1.807, 2.05) is 0 Å². The molecule has 0 atom stereocenters. The van der Waals surface area contributed by atoms with E-state index in [0.717, 1.165) is 0 Å². The molecule has 2 aromatic rings. The number of halogens is 8. The summed E-state index contributed by atoms with van der Waals surface area (Å²) in [5.41, 5.74) is -7.16. The molecule has 0 N–H and O–H groups in total. The van der Waals surface area contributed by atoms with Crippen LogP contribution in [0.25, 0.3) is 11.1 Å². The molecule has 24 heavy (non-hydrogen) atoms. The van der Waals surface area contributed by atoms with E-state index >= 15 is 0 Å². The van der Waals surface area contributed by atoms with Gasteiger partial charge in [0.25, 0.3) is 5.69 Å². The van der Waals surface area contributed by atoms with E-state index < -0.39 is 62.6 Å². The highest BCUT2D eigenvalue weighted by Gasteiger charge is 2.43. The third-order valence-corrected chi connectivity index (χ3v) is 3.00. The number of nitrogens with zero attached hydrogens (tertiary/aromatic N) is 1. The second-order valence-corrected chi connectivity index (χ2v) is 4.40. The number of benzene rings is 2. The predicted octanol–water partition coefficient (Wildman–Crippen LogP) is 4.98. The number of alkyl halides is 3. The Kier molecular flexibility index (Phi) is 4.21. The van der Waals surface area contributed by atoms with E-state index in [2.05, 4.69) is 0 Å². The molecule has 0 radical (unpaired) electrons. The first-order chi connectivity index (χ1) is 11.0. The molecule has 0 saturated carbocycles. The van der Waals surface area contributed by atoms with Gasteiger partial charge in [-0.3, -0.25) is 10.1 Å². The summed E-state index contributed by atoms with van der Waals surface area (Å²) in [5.74, 6) is -12.6. The zero-order chi connectivity index (χ0) is 18.4. The SMILES string of the molecule is O=[N+]([O-])c1cccc(-c2c(F)c(F)c(F)c(F)c2F)c1C(F)(F)F. The quantitative estimate of drug-likeness (QED) is 0.250. The van der Waals surface area contributed by atoms with E-state index in [1.165, 1.54) is 0 Å². The van der Waals surface area contributed by atoms with Crippen molar-refractivity contribution in [1.29, 1.82) is 0 Å². The van der Waals surface area contributed by atoms with E-state index in [1.54, 1.807) is 0 Å². The molecular formula is C13H3F8NO2. The second-order valence-electron chi connectivity index (χ2n) is 4.40. The van der Waals surface area contributed by atoms with Gasteiger partial charge in [-0.1, -0.05) is 12.1 Å². The van der Waals surface area contributed by atoms with Gasteiger partial charge in [-0.2, -0.15) is 13.2 Å². The molecule has 0 aromatic heterocycles. The van der Waals surface area contributed by atoms with Gasteiger partial charge in [-0.05, 0) is 0 Å². The molecule has 0 saturated heterocycles. The third kappa shape index (κ3) is 2.65. The standard InChI is InChI=1S/C13H3F8NO2/c14-8-6(9(15)11(17)12(18)10(8)16)4-2-1-3-5(22(23)24)7(4)13(19,20)21/h1-3H. The van der Waals surface area contributed by atoms with Crippen LogP contribution in [-0.2, 0) is 6.18 Å². The average molecular weight is 357 g/mol. The summed E-state index contributed by atoms with van der Waals surface area (Å²) in [7, 11) is 0. The fraction of sp³-hybridized carbons (Fsp3) is 0.0769. The van der Waals surface area contributed by atoms with Gasteiger partial charge in [-0.25, -0.2) is 22.0 Å². The molecule has 3 nitrogen and oxygen atoms in total. The first-order valence-electron chi connectivity index (χ1n) is 5.84. The van der Waals surface area contributed by atoms with Crippen LogP contribution in [0.4, 0.5) is 40.8 Å². The number of hydrogen-bond donors (Lipinski definition) is 0. The van der Waals surface area contributed by atoms with Gasteiger partial charge in [0, 0.05) is 11.6 Å². The maximum absolute atomic E-state index is 13.7. The molecule has 128 valence electrons. The van der Waals surface area contributed by atoms with Crippen molar-refractivity contribution in [1.82, 2.24) is 0 Å². The smallest absolute Gasteiger partial charge is 0.258 e. The summed E-state index contributed by atoms with van der Waals surface area (Å²) in [4.78, 5) is 9.23. The monoisotopic (exact) mass is 357 g/mol. The minimum absolute atomic E-state index is 0.369. The van der Waals surface area contributed by atoms with Crippen molar-refractivity contribution in [2.24, 2.45) is 0 Å². The van der Waals surface area contributed by atoms with Crippen molar-refractivity contribution in [2.45, 2.75) is 6.18 Å². The summed E-state index contributed by atoms with van der Waals surface area (Å²) in [6.45, 7) is 0. The highest BCUT2D eigenvalue weighted by Crippen LogP contribution is 2.44. The molecule has 0 amide bonds. The van der Waals surface area contributed by atoms with Gasteiger partial charge < -0.3 is 0 Å². The second kappa shape index (κ2) is 5.73. The van der Waals surface area contributed by atoms with Crippen LogP contribution in [0, 0.1) is 39.2 Å². The van der Waals surface area contributed by atoms with Gasteiger partial charge in [0.05, 0.1) is 10.5 Å². The highest BCUT2D eigenvalue weighted by molar-refractivity contribution is 5.73. The van der Waals surface area contributed by atoms with Crippen LogP contribution in [-0.4, -0.2) is 4.92 Å². The van der Waals surface area contributed by atoms with Crippen molar-refractivity contribution in [3.8, 4) is 11.1 Å². The van der Waals surface area contributed by atoms with E-state index in [0.29, 0.717) is 18.2 Å². The van der Waals surface area contributed by atoms with Crippen LogP contribution in [0.5, 0.6) is 0 Å². The predicted molar refractivity (Wildman–Crippen MR) is 63.3 cm³/mol. The van der Waals surface area contributed by atoms with Crippen molar-refractivity contribution in [3.63, 3.8) is 0 Å². The van der Waals surface area contributed by atoms with Crippen molar-refractivity contribution in [3.05, 3.63) is 63.0 Å². The van der Waals surface area contributed by atoms with Gasteiger partial charge in [0.1, 0.15) is 5.56 Å². The maximum Gasteiger partial charge on any atom is 0.423 e. The molecule has 0 aliphatic rings. The molecule has 2 aromatic carbocycles. The Morgan fingerprint density at radius 3 is 1.71 bits per heavy atom. The highest BCUT2D eigenvalue weighted by atomic mass is 19.4. The van der Waals surface area contributed by atoms with Gasteiger partial charge in [-0.15, -0.1) is 0 Å². The number of nitro benzene ring substituents is 1. The van der Waals surface area contributed by atoms with E-state index in [9.17, 15) is 45.2 Å². The summed E-state index contributed by atoms with van der Waals surface area (Å²) in [5, 5.41) is 10.7. The van der Waals surface area contributed by atoms with Crippen LogP contribution < -0.4 is 0 Å². The summed E-state index contributed by atoms with van der Waals surface area (Å²) >= 11 is 0. The lowest BCUT2D eigenvalue weighted by Crippen LogP contribution is -2.13. The lowest BCUT2D eigenvalue weighted by atomic mass is 9.96. The third-order valence-electron chi connectivity index (χ3n) is 3.00. The molecule has 0 spiro atoms. The fourth-order valence-electron chi connectivity index (χ4n) is 2.04. The zero-order valence-electron chi connectivity index (χ0n) is 11.0. The zero-order valence-corrected chi connectivity index (χ0v) is 11.0. The fourth-order valence-corrected chi connectivity index (χ4v) is 2.04. The minimum atomic E-state index is -5.49. The van der Waals surface area contributed by atoms with Gasteiger partial charge >= 0.3 is 6.18 Å². The normalized spacial score (nSPS) is 11.7. The number of rotatable bonds is 2. The van der Waals surface area contributed by atoms with Crippen molar-refractivity contribution < 1.29 is 40.0 Å². The molecular weight excluding hydrogens is 354 g/mol. The Morgan fingerprint density at radius 2 is 1.29 bits per heavy atom. The van der Waals surface area contributed by atoms with Crippen molar-refractivity contribution >= 4 is 5.69 Å². The Balaban J connectivity index is 3.00. The molecule has 0 fully saturated rings. The van der Waals surface area contributed by atoms with Crippen LogP contribution >= 0.6 is 0 Å². The summed E-state index contributed by atoms with van der Waals surface area (Å²) in [6.07, 6.45) is -5.49. The van der Waals surface area contributed by atoms with Crippen LogP contribution in [0.1, 0.15) is 5.56 Å². The molecule has 0 aliphatic heterocycles.